The van der Waals surface area contributed by atoms with Crippen LogP contribution in [0.2, 0.25) is 0 Å². The van der Waals surface area contributed by atoms with E-state index in [9.17, 15) is 5.48 Å². The van der Waals surface area contributed by atoms with E-state index in [-0.39, 0.29) is 45.7 Å². The van der Waals surface area contributed by atoms with Crippen molar-refractivity contribution < 1.29 is 15.4 Å². The third kappa shape index (κ3) is 5.68. The number of rotatable bonds is 5. The Hall–Kier alpha value is -8.78. The van der Waals surface area contributed by atoms with Crippen LogP contribution in [0.25, 0.3) is 142 Å². The van der Waals surface area contributed by atoms with Gasteiger partial charge in [0.2, 0.25) is 0 Å². The zero-order valence-corrected chi connectivity index (χ0v) is 35.9. The number of hydrogen-bond acceptors (Lipinski definition) is 1. The van der Waals surface area contributed by atoms with Gasteiger partial charge in [-0.25, -0.2) is 0 Å². The van der Waals surface area contributed by atoms with Crippen LogP contribution < -0.4 is 0 Å². The molecule has 0 N–H and O–H groups in total. The van der Waals surface area contributed by atoms with Crippen LogP contribution in [0, 0.1) is 0 Å². The molecule has 0 unspecified atom stereocenters. The smallest absolute Gasteiger partial charge is 0.143 e. The molecule has 0 aliphatic rings. The molecule has 14 rings (SSSR count). The Morgan fingerprint density at radius 3 is 1.18 bits per heavy atom. The molecule has 310 valence electrons. The van der Waals surface area contributed by atoms with Crippen LogP contribution in [0.5, 0.6) is 0 Å². The molecule has 1 heterocycles. The standard InChI is InChI=1S/C66H40O/c1-3-21-43-41(17-1)19-11-29-45(43)60-36-15-37-61-65-55(35-16-38-62(65)67-66(60)61)52-40-39-51(46-23-5-6-24-47(46)52)49-30-13-32-50-48(49)31-14-34-54(50)64-58-27-9-7-25-56(58)63(57-26-8-10-28-59(57)64)53-33-12-20-42-18-2-4-22-44(42)53/h1-40H/i7D,8D,9D,10D,25D,26D,27D,28D. The molecule has 0 aliphatic heterocycles. The van der Waals surface area contributed by atoms with E-state index < -0.39 is 24.2 Å². The van der Waals surface area contributed by atoms with E-state index in [2.05, 4.69) is 109 Å². The third-order valence-electron chi connectivity index (χ3n) is 13.7. The summed E-state index contributed by atoms with van der Waals surface area (Å²) in [4.78, 5) is 0. The van der Waals surface area contributed by atoms with E-state index in [1.807, 2.05) is 84.9 Å². The van der Waals surface area contributed by atoms with Gasteiger partial charge in [0.15, 0.2) is 0 Å². The van der Waals surface area contributed by atoms with Gasteiger partial charge in [-0.15, -0.1) is 0 Å². The van der Waals surface area contributed by atoms with Gasteiger partial charge in [-0.3, -0.25) is 0 Å². The fourth-order valence-electron chi connectivity index (χ4n) is 10.9. The number of para-hydroxylation sites is 1. The Kier molecular flexibility index (Phi) is 6.75. The topological polar surface area (TPSA) is 13.1 Å². The number of benzene rings is 13. The van der Waals surface area contributed by atoms with Crippen molar-refractivity contribution in [2.75, 3.05) is 0 Å². The Bertz CT molecular complexity index is 4730. The molecule has 0 saturated heterocycles. The molecule has 0 saturated carbocycles. The number of furan rings is 1. The first-order chi connectivity index (χ1) is 36.6. The van der Waals surface area contributed by atoms with Crippen molar-refractivity contribution in [3.05, 3.63) is 242 Å². The van der Waals surface area contributed by atoms with E-state index in [0.717, 1.165) is 98.4 Å². The lowest BCUT2D eigenvalue weighted by atomic mass is 9.83. The summed E-state index contributed by atoms with van der Waals surface area (Å²) in [6.45, 7) is 0. The normalized spacial score (nSPS) is 13.6. The van der Waals surface area contributed by atoms with Crippen molar-refractivity contribution in [2.45, 2.75) is 0 Å². The molecular formula is C66H40O. The van der Waals surface area contributed by atoms with Crippen molar-refractivity contribution in [1.82, 2.24) is 0 Å². The molecule has 14 aromatic rings. The summed E-state index contributed by atoms with van der Waals surface area (Å²) in [5.74, 6) is 0. The highest BCUT2D eigenvalue weighted by molar-refractivity contribution is 6.26. The summed E-state index contributed by atoms with van der Waals surface area (Å²) in [6.07, 6.45) is 0. The molecule has 1 nitrogen and oxygen atoms in total. The average molecular weight is 857 g/mol. The van der Waals surface area contributed by atoms with Crippen molar-refractivity contribution in [3.63, 3.8) is 0 Å². The Balaban J connectivity index is 1.02. The Morgan fingerprint density at radius 2 is 0.597 bits per heavy atom. The summed E-state index contributed by atoms with van der Waals surface area (Å²) in [5.41, 5.74) is 9.59. The fourth-order valence-corrected chi connectivity index (χ4v) is 10.9. The maximum Gasteiger partial charge on any atom is 0.143 e. The molecule has 0 bridgehead atoms. The van der Waals surface area contributed by atoms with Gasteiger partial charge in [-0.2, -0.15) is 0 Å². The maximum atomic E-state index is 9.67. The predicted octanol–water partition coefficient (Wildman–Crippen LogP) is 18.8. The zero-order chi connectivity index (χ0) is 51.0. The van der Waals surface area contributed by atoms with E-state index in [1.54, 1.807) is 0 Å². The minimum atomic E-state index is -0.436. The molecule has 1 heteroatoms. The van der Waals surface area contributed by atoms with Crippen LogP contribution in [0.15, 0.2) is 247 Å². The van der Waals surface area contributed by atoms with Gasteiger partial charge in [-0.05, 0) is 121 Å². The van der Waals surface area contributed by atoms with Crippen LogP contribution in [-0.4, -0.2) is 0 Å². The van der Waals surface area contributed by atoms with Crippen LogP contribution >= 0.6 is 0 Å². The van der Waals surface area contributed by atoms with Gasteiger partial charge in [0.1, 0.15) is 11.2 Å². The largest absolute Gasteiger partial charge is 0.455 e. The molecule has 0 amide bonds. The van der Waals surface area contributed by atoms with Crippen molar-refractivity contribution >= 4 is 86.6 Å². The number of fused-ring (bicyclic) bond motifs is 9. The van der Waals surface area contributed by atoms with Crippen LogP contribution in [0.4, 0.5) is 0 Å². The van der Waals surface area contributed by atoms with Gasteiger partial charge in [0, 0.05) is 16.3 Å². The Morgan fingerprint density at radius 1 is 0.254 bits per heavy atom. The number of hydrogen-bond donors (Lipinski definition) is 0. The van der Waals surface area contributed by atoms with Crippen molar-refractivity contribution in [2.24, 2.45) is 0 Å². The molecular weight excluding hydrogens is 809 g/mol. The van der Waals surface area contributed by atoms with E-state index >= 15 is 0 Å². The van der Waals surface area contributed by atoms with Gasteiger partial charge in [0.25, 0.3) is 0 Å². The monoisotopic (exact) mass is 856 g/mol. The van der Waals surface area contributed by atoms with Crippen LogP contribution in [0.1, 0.15) is 11.0 Å². The zero-order valence-electron chi connectivity index (χ0n) is 43.9. The van der Waals surface area contributed by atoms with Gasteiger partial charge < -0.3 is 4.42 Å². The molecule has 67 heavy (non-hydrogen) atoms. The highest BCUT2D eigenvalue weighted by Gasteiger charge is 2.22. The minimum Gasteiger partial charge on any atom is -0.455 e. The summed E-state index contributed by atoms with van der Waals surface area (Å²) in [5, 5.41) is 10.4. The minimum absolute atomic E-state index is 0.180. The first kappa shape index (κ1) is 30.4. The quantitative estimate of drug-likeness (QED) is 0.157. The van der Waals surface area contributed by atoms with E-state index in [0.29, 0.717) is 22.3 Å². The molecule has 0 radical (unpaired) electrons. The molecule has 0 fully saturated rings. The maximum absolute atomic E-state index is 9.67. The fraction of sp³-hybridized carbons (Fsp3) is 0. The second-order valence-electron chi connectivity index (χ2n) is 17.2. The highest BCUT2D eigenvalue weighted by atomic mass is 16.3. The van der Waals surface area contributed by atoms with Gasteiger partial charge >= 0.3 is 0 Å². The van der Waals surface area contributed by atoms with E-state index in [4.69, 9.17) is 9.90 Å². The molecule has 0 atom stereocenters. The first-order valence-electron chi connectivity index (χ1n) is 26.5. The summed E-state index contributed by atoms with van der Waals surface area (Å²) in [7, 11) is 0. The van der Waals surface area contributed by atoms with Crippen LogP contribution in [0.3, 0.4) is 0 Å². The highest BCUT2D eigenvalue weighted by Crippen LogP contribution is 2.49. The summed E-state index contributed by atoms with van der Waals surface area (Å²) < 4.78 is 81.6. The van der Waals surface area contributed by atoms with Crippen LogP contribution in [-0.2, 0) is 0 Å². The lowest BCUT2D eigenvalue weighted by Crippen LogP contribution is -1.93. The first-order valence-corrected chi connectivity index (χ1v) is 22.5. The second kappa shape index (κ2) is 14.9. The van der Waals surface area contributed by atoms with Crippen molar-refractivity contribution in [3.8, 4) is 55.6 Å². The van der Waals surface area contributed by atoms with Crippen molar-refractivity contribution in [1.29, 1.82) is 0 Å². The van der Waals surface area contributed by atoms with E-state index in [1.165, 1.54) is 0 Å². The lowest BCUT2D eigenvalue weighted by molar-refractivity contribution is 0.670. The third-order valence-corrected chi connectivity index (χ3v) is 13.7. The van der Waals surface area contributed by atoms with Gasteiger partial charge in [0.05, 0.1) is 11.0 Å². The SMILES string of the molecule is [2H]c1c([2H])c([2H])c2c(-c3cccc4c(-c5ccc(-c6cccc7oc8c(-c9cccc%10ccccc9%10)cccc8c67)c6ccccc56)cccc34)c3c([2H])c([2H])c([2H])c([2H])c3c(-c3cccc4ccccc34)c2c1[2H]. The van der Waals surface area contributed by atoms with Gasteiger partial charge in [-0.1, -0.05) is 236 Å². The lowest BCUT2D eigenvalue weighted by Gasteiger charge is -2.20. The predicted molar refractivity (Wildman–Crippen MR) is 286 cm³/mol. The molecule has 0 spiro atoms. The summed E-state index contributed by atoms with van der Waals surface area (Å²) in [6, 6.07) is 62.6. The molecule has 13 aromatic carbocycles. The average Bonchev–Trinajstić information content (AvgIpc) is 3.89. The molecule has 0 aliphatic carbocycles. The Labute approximate surface area is 398 Å². The second-order valence-corrected chi connectivity index (χ2v) is 17.2. The summed E-state index contributed by atoms with van der Waals surface area (Å²) >= 11 is 0. The molecule has 1 aromatic heterocycles.